The first-order valence-electron chi connectivity index (χ1n) is 7.05. The lowest BCUT2D eigenvalue weighted by Crippen LogP contribution is -2.66. The molecule has 2 aliphatic heterocycles. The maximum absolute atomic E-state index is 12.2. The molecule has 3 fully saturated rings. The summed E-state index contributed by atoms with van der Waals surface area (Å²) in [6.45, 7) is 2.22. The van der Waals surface area contributed by atoms with Crippen LogP contribution in [0.2, 0.25) is 0 Å². The van der Waals surface area contributed by atoms with Crippen molar-refractivity contribution in [2.45, 2.75) is 44.2 Å². The Morgan fingerprint density at radius 1 is 0.944 bits per heavy atom. The zero-order valence-corrected chi connectivity index (χ0v) is 10.7. The van der Waals surface area contributed by atoms with Crippen molar-refractivity contribution in [3.05, 3.63) is 0 Å². The van der Waals surface area contributed by atoms with Crippen molar-refractivity contribution in [2.24, 2.45) is 0 Å². The summed E-state index contributed by atoms with van der Waals surface area (Å²) in [6.07, 6.45) is 6.05. The number of hydrogen-bond acceptors (Lipinski definition) is 3. The molecule has 3 rings (SSSR count). The molecule has 5 nitrogen and oxygen atoms in total. The minimum atomic E-state index is 0.0721. The molecule has 0 radical (unpaired) electrons. The number of rotatable bonds is 1. The van der Waals surface area contributed by atoms with E-state index in [2.05, 4.69) is 5.32 Å². The van der Waals surface area contributed by atoms with E-state index < -0.39 is 0 Å². The summed E-state index contributed by atoms with van der Waals surface area (Å²) < 4.78 is 0. The van der Waals surface area contributed by atoms with Crippen LogP contribution >= 0.6 is 0 Å². The first kappa shape index (κ1) is 12.0. The van der Waals surface area contributed by atoms with Gasteiger partial charge in [0, 0.05) is 19.1 Å². The largest absolute Gasteiger partial charge is 0.336 e. The normalized spacial score (nSPS) is 30.6. The molecule has 2 heterocycles. The first-order chi connectivity index (χ1) is 8.75. The summed E-state index contributed by atoms with van der Waals surface area (Å²) in [6, 6.07) is 0.608. The third-order valence-corrected chi connectivity index (χ3v) is 4.47. The van der Waals surface area contributed by atoms with Gasteiger partial charge >= 0.3 is 0 Å². The lowest BCUT2D eigenvalue weighted by atomic mass is 9.92. The van der Waals surface area contributed by atoms with Gasteiger partial charge in [-0.05, 0) is 12.8 Å². The Labute approximate surface area is 107 Å². The van der Waals surface area contributed by atoms with Gasteiger partial charge in [0.15, 0.2) is 0 Å². The van der Waals surface area contributed by atoms with Gasteiger partial charge in [-0.1, -0.05) is 19.3 Å². The van der Waals surface area contributed by atoms with E-state index >= 15 is 0 Å². The molecule has 0 bridgehead atoms. The van der Waals surface area contributed by atoms with Crippen molar-refractivity contribution in [3.63, 3.8) is 0 Å². The third-order valence-electron chi connectivity index (χ3n) is 4.47. The Kier molecular flexibility index (Phi) is 3.24. The quantitative estimate of drug-likeness (QED) is 0.711. The molecular weight excluding hydrogens is 230 g/mol. The second-order valence-electron chi connectivity index (χ2n) is 5.64. The van der Waals surface area contributed by atoms with Crippen molar-refractivity contribution in [1.29, 1.82) is 0 Å². The van der Waals surface area contributed by atoms with Gasteiger partial charge in [0.1, 0.15) is 6.54 Å². The van der Waals surface area contributed by atoms with E-state index in [9.17, 15) is 9.59 Å². The molecule has 1 unspecified atom stereocenters. The van der Waals surface area contributed by atoms with Crippen molar-refractivity contribution in [1.82, 2.24) is 15.1 Å². The van der Waals surface area contributed by atoms with Crippen molar-refractivity contribution >= 4 is 11.8 Å². The Morgan fingerprint density at radius 3 is 2.50 bits per heavy atom. The van der Waals surface area contributed by atoms with Crippen molar-refractivity contribution in [2.75, 3.05) is 26.2 Å². The molecule has 5 heteroatoms. The SMILES string of the molecule is O=C1CNCC2CN(C3CCCCC3)C(=O)CN12. The number of amides is 2. The summed E-state index contributed by atoms with van der Waals surface area (Å²) in [4.78, 5) is 27.8. The third kappa shape index (κ3) is 2.11. The molecule has 100 valence electrons. The predicted molar refractivity (Wildman–Crippen MR) is 67.0 cm³/mol. The number of hydrogen-bond donors (Lipinski definition) is 1. The fourth-order valence-electron chi connectivity index (χ4n) is 3.45. The molecule has 0 aromatic carbocycles. The van der Waals surface area contributed by atoms with E-state index in [1.165, 1.54) is 19.3 Å². The van der Waals surface area contributed by atoms with Crippen LogP contribution in [0.4, 0.5) is 0 Å². The van der Waals surface area contributed by atoms with E-state index in [-0.39, 0.29) is 17.9 Å². The molecule has 1 saturated carbocycles. The number of fused-ring (bicyclic) bond motifs is 1. The van der Waals surface area contributed by atoms with Crippen LogP contribution in [-0.4, -0.2) is 59.9 Å². The number of piperazine rings is 2. The van der Waals surface area contributed by atoms with Gasteiger partial charge in [-0.3, -0.25) is 9.59 Å². The van der Waals surface area contributed by atoms with E-state index in [1.807, 2.05) is 4.90 Å². The second kappa shape index (κ2) is 4.88. The van der Waals surface area contributed by atoms with Gasteiger partial charge in [-0.2, -0.15) is 0 Å². The highest BCUT2D eigenvalue weighted by molar-refractivity contribution is 5.88. The maximum Gasteiger partial charge on any atom is 0.242 e. The number of nitrogens with zero attached hydrogens (tertiary/aromatic N) is 2. The maximum atomic E-state index is 12.2. The zero-order chi connectivity index (χ0) is 12.5. The van der Waals surface area contributed by atoms with E-state index in [0.29, 0.717) is 19.1 Å². The summed E-state index contributed by atoms with van der Waals surface area (Å²) in [5.41, 5.74) is 0. The zero-order valence-electron chi connectivity index (χ0n) is 10.7. The van der Waals surface area contributed by atoms with Crippen LogP contribution in [0.25, 0.3) is 0 Å². The highest BCUT2D eigenvalue weighted by atomic mass is 16.2. The van der Waals surface area contributed by atoms with Gasteiger partial charge in [0.2, 0.25) is 11.8 Å². The van der Waals surface area contributed by atoms with E-state index in [4.69, 9.17) is 0 Å². The standard InChI is InChI=1S/C13H21N3O2/c17-12-7-14-6-11-8-15(13(18)9-16(11)12)10-4-2-1-3-5-10/h10-11,14H,1-9H2. The molecule has 2 amide bonds. The molecule has 18 heavy (non-hydrogen) atoms. The van der Waals surface area contributed by atoms with Crippen LogP contribution in [0.5, 0.6) is 0 Å². The van der Waals surface area contributed by atoms with Gasteiger partial charge in [0.25, 0.3) is 0 Å². The van der Waals surface area contributed by atoms with Crippen molar-refractivity contribution < 1.29 is 9.59 Å². The van der Waals surface area contributed by atoms with Crippen LogP contribution in [0.1, 0.15) is 32.1 Å². The van der Waals surface area contributed by atoms with Gasteiger partial charge in [-0.15, -0.1) is 0 Å². The summed E-state index contributed by atoms with van der Waals surface area (Å²) in [7, 11) is 0. The average Bonchev–Trinajstić information content (AvgIpc) is 2.40. The van der Waals surface area contributed by atoms with Crippen LogP contribution in [0, 0.1) is 0 Å². The molecule has 3 aliphatic rings. The van der Waals surface area contributed by atoms with Gasteiger partial charge in [-0.25, -0.2) is 0 Å². The highest BCUT2D eigenvalue weighted by Crippen LogP contribution is 2.25. The molecule has 1 N–H and O–H groups in total. The average molecular weight is 251 g/mol. The second-order valence-corrected chi connectivity index (χ2v) is 5.64. The monoisotopic (exact) mass is 251 g/mol. The molecule has 2 saturated heterocycles. The number of carbonyl (C=O) groups is 2. The molecular formula is C13H21N3O2. The Hall–Kier alpha value is -1.10. The van der Waals surface area contributed by atoms with Crippen LogP contribution in [0.15, 0.2) is 0 Å². The molecule has 0 aromatic rings. The number of carbonyl (C=O) groups excluding carboxylic acids is 2. The molecule has 1 atom stereocenters. The molecule has 0 aromatic heterocycles. The lowest BCUT2D eigenvalue weighted by Gasteiger charge is -2.46. The minimum absolute atomic E-state index is 0.0721. The van der Waals surface area contributed by atoms with E-state index in [0.717, 1.165) is 25.9 Å². The van der Waals surface area contributed by atoms with E-state index in [1.54, 1.807) is 4.90 Å². The van der Waals surface area contributed by atoms with Gasteiger partial charge < -0.3 is 15.1 Å². The minimum Gasteiger partial charge on any atom is -0.336 e. The summed E-state index contributed by atoms with van der Waals surface area (Å²) >= 11 is 0. The Morgan fingerprint density at radius 2 is 1.72 bits per heavy atom. The topological polar surface area (TPSA) is 52.7 Å². The van der Waals surface area contributed by atoms with Crippen molar-refractivity contribution in [3.8, 4) is 0 Å². The first-order valence-corrected chi connectivity index (χ1v) is 7.05. The van der Waals surface area contributed by atoms with Crippen LogP contribution in [-0.2, 0) is 9.59 Å². The lowest BCUT2D eigenvalue weighted by molar-refractivity contribution is -0.153. The van der Waals surface area contributed by atoms with Gasteiger partial charge in [0.05, 0.1) is 12.6 Å². The van der Waals surface area contributed by atoms with Crippen LogP contribution in [0.3, 0.4) is 0 Å². The Balaban J connectivity index is 1.70. The fraction of sp³-hybridized carbons (Fsp3) is 0.846. The number of nitrogens with one attached hydrogen (secondary N) is 1. The molecule has 0 spiro atoms. The highest BCUT2D eigenvalue weighted by Gasteiger charge is 2.39. The Bertz CT molecular complexity index is 352. The van der Waals surface area contributed by atoms with Crippen LogP contribution < -0.4 is 5.32 Å². The smallest absolute Gasteiger partial charge is 0.242 e. The predicted octanol–water partition coefficient (Wildman–Crippen LogP) is -0.0383. The fourth-order valence-corrected chi connectivity index (χ4v) is 3.45. The molecule has 1 aliphatic carbocycles. The summed E-state index contributed by atoms with van der Waals surface area (Å²) in [5, 5.41) is 3.14. The summed E-state index contributed by atoms with van der Waals surface area (Å²) in [5.74, 6) is 0.219.